The van der Waals surface area contributed by atoms with Gasteiger partial charge >= 0.3 is 0 Å². The maximum Gasteiger partial charge on any atom is 0.200 e. The number of aromatic hydroxyl groups is 2. The van der Waals surface area contributed by atoms with E-state index in [4.69, 9.17) is 4.74 Å². The fourth-order valence-electron chi connectivity index (χ4n) is 4.44. The van der Waals surface area contributed by atoms with Crippen molar-refractivity contribution in [2.24, 2.45) is 0 Å². The zero-order valence-corrected chi connectivity index (χ0v) is 21.5. The van der Waals surface area contributed by atoms with Gasteiger partial charge in [-0.15, -0.1) is 0 Å². The second kappa shape index (κ2) is 19.1. The topological polar surface area (TPSA) is 49.7 Å². The maximum absolute atomic E-state index is 10.6. The SMILES string of the molecule is CCCCCCCCCc1cc(O)c(O)c(OCCCCC)c1CCCCCCCCC. The second-order valence-corrected chi connectivity index (χ2v) is 9.51. The largest absolute Gasteiger partial charge is 0.504 e. The minimum atomic E-state index is -0.0669. The van der Waals surface area contributed by atoms with Crippen LogP contribution in [0.1, 0.15) is 141 Å². The molecule has 0 amide bonds. The molecule has 0 heterocycles. The minimum Gasteiger partial charge on any atom is -0.504 e. The van der Waals surface area contributed by atoms with Crippen molar-refractivity contribution in [3.63, 3.8) is 0 Å². The van der Waals surface area contributed by atoms with Crippen LogP contribution in [0.3, 0.4) is 0 Å². The van der Waals surface area contributed by atoms with Gasteiger partial charge < -0.3 is 14.9 Å². The second-order valence-electron chi connectivity index (χ2n) is 9.51. The van der Waals surface area contributed by atoms with Crippen LogP contribution in [0.15, 0.2) is 6.07 Å². The molecule has 3 heteroatoms. The average molecular weight is 449 g/mol. The molecule has 0 aliphatic carbocycles. The molecule has 0 spiro atoms. The molecule has 0 radical (unpaired) electrons. The third-order valence-electron chi connectivity index (χ3n) is 6.50. The maximum atomic E-state index is 10.6. The van der Waals surface area contributed by atoms with Gasteiger partial charge in [-0.2, -0.15) is 0 Å². The predicted molar refractivity (Wildman–Crippen MR) is 138 cm³/mol. The number of hydrogen-bond donors (Lipinski definition) is 2. The van der Waals surface area contributed by atoms with E-state index in [-0.39, 0.29) is 11.5 Å². The lowest BCUT2D eigenvalue weighted by Gasteiger charge is -2.18. The fourth-order valence-corrected chi connectivity index (χ4v) is 4.44. The molecule has 0 unspecified atom stereocenters. The monoisotopic (exact) mass is 448 g/mol. The van der Waals surface area contributed by atoms with Gasteiger partial charge in [-0.3, -0.25) is 0 Å². The summed E-state index contributed by atoms with van der Waals surface area (Å²) in [6.07, 6.45) is 23.0. The summed E-state index contributed by atoms with van der Waals surface area (Å²) >= 11 is 0. The first-order valence-electron chi connectivity index (χ1n) is 13.8. The lowest BCUT2D eigenvalue weighted by Crippen LogP contribution is -2.05. The highest BCUT2D eigenvalue weighted by molar-refractivity contribution is 5.58. The zero-order chi connectivity index (χ0) is 23.4. The van der Waals surface area contributed by atoms with Gasteiger partial charge in [0.05, 0.1) is 6.61 Å². The van der Waals surface area contributed by atoms with Crippen LogP contribution < -0.4 is 4.74 Å². The van der Waals surface area contributed by atoms with E-state index in [1.165, 1.54) is 82.6 Å². The Bertz CT molecular complexity index is 582. The number of unbranched alkanes of at least 4 members (excludes halogenated alkanes) is 14. The smallest absolute Gasteiger partial charge is 0.200 e. The summed E-state index contributed by atoms with van der Waals surface area (Å²) in [6, 6.07) is 1.79. The standard InChI is InChI=1S/C29H52O3/c1-4-7-10-12-14-16-18-21-25-24-27(30)28(31)29(32-23-20-9-6-3)26(25)22-19-17-15-13-11-8-5-2/h24,30-31H,4-23H2,1-3H3. The molecule has 0 aliphatic rings. The summed E-state index contributed by atoms with van der Waals surface area (Å²) in [5.74, 6) is 0.449. The summed E-state index contributed by atoms with van der Waals surface area (Å²) in [4.78, 5) is 0. The molecular formula is C29H52O3. The summed E-state index contributed by atoms with van der Waals surface area (Å²) in [5.41, 5.74) is 2.31. The number of rotatable bonds is 21. The molecule has 0 fully saturated rings. The summed E-state index contributed by atoms with van der Waals surface area (Å²) in [5, 5.41) is 20.9. The van der Waals surface area contributed by atoms with E-state index in [0.29, 0.717) is 12.4 Å². The molecule has 32 heavy (non-hydrogen) atoms. The van der Waals surface area contributed by atoms with Gasteiger partial charge in [-0.1, -0.05) is 111 Å². The Morgan fingerprint density at radius 1 is 0.594 bits per heavy atom. The van der Waals surface area contributed by atoms with Crippen molar-refractivity contribution in [3.05, 3.63) is 17.2 Å². The molecule has 0 saturated carbocycles. The molecule has 3 nitrogen and oxygen atoms in total. The van der Waals surface area contributed by atoms with Gasteiger partial charge in [0.2, 0.25) is 5.75 Å². The molecular weight excluding hydrogens is 396 g/mol. The van der Waals surface area contributed by atoms with Crippen LogP contribution in [0.2, 0.25) is 0 Å². The fraction of sp³-hybridized carbons (Fsp3) is 0.793. The summed E-state index contributed by atoms with van der Waals surface area (Å²) in [6.45, 7) is 7.29. The van der Waals surface area contributed by atoms with E-state index >= 15 is 0 Å². The van der Waals surface area contributed by atoms with Crippen LogP contribution in [0.25, 0.3) is 0 Å². The molecule has 0 bridgehead atoms. The Morgan fingerprint density at radius 2 is 1.06 bits per heavy atom. The predicted octanol–water partition coefficient (Wildman–Crippen LogP) is 9.25. The molecule has 0 atom stereocenters. The first-order valence-corrected chi connectivity index (χ1v) is 13.8. The van der Waals surface area contributed by atoms with Crippen molar-refractivity contribution in [2.45, 2.75) is 143 Å². The highest BCUT2D eigenvalue weighted by atomic mass is 16.5. The van der Waals surface area contributed by atoms with Crippen molar-refractivity contribution >= 4 is 0 Å². The van der Waals surface area contributed by atoms with Gasteiger partial charge in [0.25, 0.3) is 0 Å². The number of benzene rings is 1. The van der Waals surface area contributed by atoms with Crippen LogP contribution >= 0.6 is 0 Å². The molecule has 186 valence electrons. The van der Waals surface area contributed by atoms with Gasteiger partial charge in [0.1, 0.15) is 0 Å². The van der Waals surface area contributed by atoms with Gasteiger partial charge in [0.15, 0.2) is 11.5 Å². The lowest BCUT2D eigenvalue weighted by molar-refractivity contribution is 0.280. The first kappa shape index (κ1) is 28.7. The Balaban J connectivity index is 2.74. The van der Waals surface area contributed by atoms with Crippen LogP contribution in [0, 0.1) is 0 Å². The van der Waals surface area contributed by atoms with E-state index in [2.05, 4.69) is 20.8 Å². The van der Waals surface area contributed by atoms with Crippen LogP contribution in [-0.4, -0.2) is 16.8 Å². The minimum absolute atomic E-state index is 0.0308. The number of phenols is 2. The zero-order valence-electron chi connectivity index (χ0n) is 21.5. The van der Waals surface area contributed by atoms with Crippen molar-refractivity contribution in [2.75, 3.05) is 6.61 Å². The lowest BCUT2D eigenvalue weighted by atomic mass is 9.94. The third kappa shape index (κ3) is 12.0. The molecule has 1 aromatic rings. The van der Waals surface area contributed by atoms with E-state index in [0.717, 1.165) is 50.5 Å². The van der Waals surface area contributed by atoms with E-state index < -0.39 is 0 Å². The van der Waals surface area contributed by atoms with Gasteiger partial charge in [-0.05, 0) is 43.7 Å². The molecule has 0 aromatic heterocycles. The first-order chi connectivity index (χ1) is 15.7. The molecule has 1 aromatic carbocycles. The molecule has 0 saturated heterocycles. The van der Waals surface area contributed by atoms with Gasteiger partial charge in [-0.25, -0.2) is 0 Å². The highest BCUT2D eigenvalue weighted by Crippen LogP contribution is 2.42. The quantitative estimate of drug-likeness (QED) is 0.145. The van der Waals surface area contributed by atoms with E-state index in [1.54, 1.807) is 6.07 Å². The Morgan fingerprint density at radius 3 is 1.62 bits per heavy atom. The number of phenolic OH excluding ortho intramolecular Hbond substituents is 2. The molecule has 0 aliphatic heterocycles. The normalized spacial score (nSPS) is 11.2. The Labute approximate surface area is 199 Å². The van der Waals surface area contributed by atoms with Crippen molar-refractivity contribution in [1.29, 1.82) is 0 Å². The average Bonchev–Trinajstić information content (AvgIpc) is 2.79. The van der Waals surface area contributed by atoms with Crippen molar-refractivity contribution < 1.29 is 14.9 Å². The number of hydrogen-bond acceptors (Lipinski definition) is 3. The van der Waals surface area contributed by atoms with Crippen molar-refractivity contribution in [3.8, 4) is 17.2 Å². The third-order valence-corrected chi connectivity index (χ3v) is 6.50. The highest BCUT2D eigenvalue weighted by Gasteiger charge is 2.18. The summed E-state index contributed by atoms with van der Waals surface area (Å²) in [7, 11) is 0. The number of ether oxygens (including phenoxy) is 1. The molecule has 2 N–H and O–H groups in total. The van der Waals surface area contributed by atoms with Crippen LogP contribution in [-0.2, 0) is 12.8 Å². The number of aryl methyl sites for hydroxylation is 1. The summed E-state index contributed by atoms with van der Waals surface area (Å²) < 4.78 is 6.06. The Kier molecular flexibility index (Phi) is 17.1. The van der Waals surface area contributed by atoms with Crippen molar-refractivity contribution in [1.82, 2.24) is 0 Å². The van der Waals surface area contributed by atoms with Crippen LogP contribution in [0.4, 0.5) is 0 Å². The Hall–Kier alpha value is -1.38. The molecule has 1 rings (SSSR count). The van der Waals surface area contributed by atoms with E-state index in [1.807, 2.05) is 0 Å². The van der Waals surface area contributed by atoms with Crippen LogP contribution in [0.5, 0.6) is 17.2 Å². The van der Waals surface area contributed by atoms with E-state index in [9.17, 15) is 10.2 Å². The van der Waals surface area contributed by atoms with Gasteiger partial charge in [0, 0.05) is 5.56 Å².